The fourth-order valence-electron chi connectivity index (χ4n) is 2.27. The second-order valence-corrected chi connectivity index (χ2v) is 6.22. The van der Waals surface area contributed by atoms with E-state index >= 15 is 0 Å². The van der Waals surface area contributed by atoms with Gasteiger partial charge in [-0.2, -0.15) is 0 Å². The lowest BCUT2D eigenvalue weighted by Gasteiger charge is -2.13. The van der Waals surface area contributed by atoms with Gasteiger partial charge in [0.2, 0.25) is 0 Å². The zero-order chi connectivity index (χ0) is 16.3. The molecule has 0 fully saturated rings. The van der Waals surface area contributed by atoms with Gasteiger partial charge in [-0.15, -0.1) is 0 Å². The number of nitrogens with one attached hydrogen (secondary N) is 1. The van der Waals surface area contributed by atoms with Crippen LogP contribution in [0, 0.1) is 0 Å². The van der Waals surface area contributed by atoms with E-state index in [-0.39, 0.29) is 18.1 Å². The normalized spacial score (nSPS) is 11.2. The van der Waals surface area contributed by atoms with E-state index in [1.807, 2.05) is 19.9 Å². The van der Waals surface area contributed by atoms with Gasteiger partial charge in [-0.25, -0.2) is 4.98 Å². The first-order valence-electron chi connectivity index (χ1n) is 6.97. The van der Waals surface area contributed by atoms with Gasteiger partial charge >= 0.3 is 0 Å². The summed E-state index contributed by atoms with van der Waals surface area (Å²) in [6.45, 7) is 4.29. The first kappa shape index (κ1) is 17.0. The molecule has 0 amide bonds. The number of aromatic amines is 1. The molecule has 0 saturated carbocycles. The quantitative estimate of drug-likeness (QED) is 0.896. The average Bonchev–Trinajstić information content (AvgIpc) is 2.44. The molecule has 0 aliphatic rings. The summed E-state index contributed by atoms with van der Waals surface area (Å²) in [4.78, 5) is 19.7. The van der Waals surface area contributed by atoms with Crippen LogP contribution in [0.3, 0.4) is 0 Å². The highest BCUT2D eigenvalue weighted by Crippen LogP contribution is 2.25. The van der Waals surface area contributed by atoms with Gasteiger partial charge in [-0.05, 0) is 23.6 Å². The predicted molar refractivity (Wildman–Crippen MR) is 88.9 cm³/mol. The number of hydrogen-bond donors (Lipinski definition) is 1. The standard InChI is InChI=1S/C16H18Cl2N2O2/c1-9(2)15-12(16(21)20-14(19-15)8-22-3)6-10-4-5-11(17)7-13(10)18/h4-5,7,9H,6,8H2,1-3H3,(H,19,20,21). The molecule has 2 rings (SSSR count). The molecular weight excluding hydrogens is 323 g/mol. The highest BCUT2D eigenvalue weighted by molar-refractivity contribution is 6.35. The number of H-pyrrole nitrogens is 1. The Hall–Kier alpha value is -1.36. The van der Waals surface area contributed by atoms with Crippen LogP contribution in [0.4, 0.5) is 0 Å². The molecule has 0 bridgehead atoms. The van der Waals surface area contributed by atoms with Crippen LogP contribution in [0.2, 0.25) is 10.0 Å². The predicted octanol–water partition coefficient (Wildman–Crippen LogP) is 3.94. The van der Waals surface area contributed by atoms with Gasteiger partial charge in [0.25, 0.3) is 5.56 Å². The fraction of sp³-hybridized carbons (Fsp3) is 0.375. The summed E-state index contributed by atoms with van der Waals surface area (Å²) in [5, 5.41) is 1.11. The molecule has 0 atom stereocenters. The minimum atomic E-state index is -0.156. The molecule has 0 radical (unpaired) electrons. The van der Waals surface area contributed by atoms with Crippen molar-refractivity contribution in [3.8, 4) is 0 Å². The lowest BCUT2D eigenvalue weighted by molar-refractivity contribution is 0.177. The molecule has 1 heterocycles. The molecule has 1 aromatic heterocycles. The van der Waals surface area contributed by atoms with Crippen LogP contribution in [0.1, 0.15) is 42.4 Å². The van der Waals surface area contributed by atoms with E-state index in [1.54, 1.807) is 19.2 Å². The fourth-order valence-corrected chi connectivity index (χ4v) is 2.75. The Labute approximate surface area is 139 Å². The third-order valence-corrected chi connectivity index (χ3v) is 3.89. The van der Waals surface area contributed by atoms with Crippen LogP contribution in [0.25, 0.3) is 0 Å². The highest BCUT2D eigenvalue weighted by Gasteiger charge is 2.16. The number of ether oxygens (including phenoxy) is 1. The molecular formula is C16H18Cl2N2O2. The van der Waals surface area contributed by atoms with E-state index < -0.39 is 0 Å². The Morgan fingerprint density at radius 2 is 2.05 bits per heavy atom. The molecule has 1 aromatic carbocycles. The lowest BCUT2D eigenvalue weighted by Crippen LogP contribution is -2.22. The molecule has 1 N–H and O–H groups in total. The average molecular weight is 341 g/mol. The van der Waals surface area contributed by atoms with Crippen molar-refractivity contribution in [1.82, 2.24) is 9.97 Å². The van der Waals surface area contributed by atoms with Gasteiger partial charge in [0.05, 0.1) is 5.69 Å². The van der Waals surface area contributed by atoms with Crippen molar-refractivity contribution in [2.75, 3.05) is 7.11 Å². The topological polar surface area (TPSA) is 55.0 Å². The molecule has 0 aliphatic heterocycles. The molecule has 22 heavy (non-hydrogen) atoms. The number of methoxy groups -OCH3 is 1. The zero-order valence-electron chi connectivity index (χ0n) is 12.7. The first-order valence-corrected chi connectivity index (χ1v) is 7.72. The van der Waals surface area contributed by atoms with Gasteiger partial charge in [0.1, 0.15) is 12.4 Å². The monoisotopic (exact) mass is 340 g/mol. The summed E-state index contributed by atoms with van der Waals surface area (Å²) >= 11 is 12.1. The summed E-state index contributed by atoms with van der Waals surface area (Å²) in [6.07, 6.45) is 0.416. The maximum absolute atomic E-state index is 12.4. The largest absolute Gasteiger partial charge is 0.377 e. The van der Waals surface area contributed by atoms with Crippen LogP contribution < -0.4 is 5.56 Å². The molecule has 118 valence electrons. The van der Waals surface area contributed by atoms with E-state index in [2.05, 4.69) is 9.97 Å². The molecule has 4 nitrogen and oxygen atoms in total. The van der Waals surface area contributed by atoms with Crippen molar-refractivity contribution in [3.05, 3.63) is 61.2 Å². The van der Waals surface area contributed by atoms with E-state index in [1.165, 1.54) is 0 Å². The van der Waals surface area contributed by atoms with Crippen molar-refractivity contribution in [1.29, 1.82) is 0 Å². The van der Waals surface area contributed by atoms with Crippen LogP contribution >= 0.6 is 23.2 Å². The first-order chi connectivity index (χ1) is 10.4. The molecule has 0 saturated heterocycles. The van der Waals surface area contributed by atoms with Crippen LogP contribution in [-0.4, -0.2) is 17.1 Å². The van der Waals surface area contributed by atoms with E-state index in [4.69, 9.17) is 27.9 Å². The SMILES string of the molecule is COCc1nc(C(C)C)c(Cc2ccc(Cl)cc2Cl)c(=O)[nH]1. The van der Waals surface area contributed by atoms with Crippen molar-refractivity contribution in [2.24, 2.45) is 0 Å². The van der Waals surface area contributed by atoms with Crippen molar-refractivity contribution >= 4 is 23.2 Å². The van der Waals surface area contributed by atoms with Crippen molar-refractivity contribution < 1.29 is 4.74 Å². The summed E-state index contributed by atoms with van der Waals surface area (Å²) in [7, 11) is 1.57. The van der Waals surface area contributed by atoms with Gasteiger partial charge in [0.15, 0.2) is 0 Å². The molecule has 6 heteroatoms. The second-order valence-electron chi connectivity index (χ2n) is 5.38. The zero-order valence-corrected chi connectivity index (χ0v) is 14.3. The number of benzene rings is 1. The number of hydrogen-bond acceptors (Lipinski definition) is 3. The Bertz CT molecular complexity index is 727. The van der Waals surface area contributed by atoms with Crippen molar-refractivity contribution in [2.45, 2.75) is 32.8 Å². The van der Waals surface area contributed by atoms with E-state index in [9.17, 15) is 4.79 Å². The number of rotatable bonds is 5. The number of aromatic nitrogens is 2. The smallest absolute Gasteiger partial charge is 0.254 e. The minimum Gasteiger partial charge on any atom is -0.377 e. The van der Waals surface area contributed by atoms with E-state index in [0.29, 0.717) is 27.9 Å². The summed E-state index contributed by atoms with van der Waals surface area (Å²) in [5.41, 5.74) is 2.08. The number of halogens is 2. The number of nitrogens with zero attached hydrogens (tertiary/aromatic N) is 1. The highest BCUT2D eigenvalue weighted by atomic mass is 35.5. The Balaban J connectivity index is 2.47. The second kappa shape index (κ2) is 7.27. The lowest BCUT2D eigenvalue weighted by atomic mass is 9.99. The Morgan fingerprint density at radius 3 is 2.64 bits per heavy atom. The third-order valence-electron chi connectivity index (χ3n) is 3.31. The maximum Gasteiger partial charge on any atom is 0.254 e. The van der Waals surface area contributed by atoms with E-state index in [0.717, 1.165) is 11.3 Å². The van der Waals surface area contributed by atoms with Crippen LogP contribution in [-0.2, 0) is 17.8 Å². The molecule has 0 aliphatic carbocycles. The van der Waals surface area contributed by atoms with Gasteiger partial charge in [0, 0.05) is 29.1 Å². The molecule has 2 aromatic rings. The molecule has 0 unspecified atom stereocenters. The van der Waals surface area contributed by atoms with Crippen LogP contribution in [0.5, 0.6) is 0 Å². The molecule has 0 spiro atoms. The van der Waals surface area contributed by atoms with Gasteiger partial charge in [-0.3, -0.25) is 4.79 Å². The Morgan fingerprint density at radius 1 is 1.32 bits per heavy atom. The van der Waals surface area contributed by atoms with Crippen molar-refractivity contribution in [3.63, 3.8) is 0 Å². The summed E-state index contributed by atoms with van der Waals surface area (Å²) < 4.78 is 5.04. The Kier molecular flexibility index (Phi) is 5.62. The van der Waals surface area contributed by atoms with Gasteiger partial charge in [-0.1, -0.05) is 43.1 Å². The minimum absolute atomic E-state index is 0.124. The van der Waals surface area contributed by atoms with Crippen LogP contribution in [0.15, 0.2) is 23.0 Å². The van der Waals surface area contributed by atoms with Gasteiger partial charge < -0.3 is 9.72 Å². The summed E-state index contributed by atoms with van der Waals surface area (Å²) in [6, 6.07) is 5.27. The third kappa shape index (κ3) is 3.88. The maximum atomic E-state index is 12.4. The summed E-state index contributed by atoms with van der Waals surface area (Å²) in [5.74, 6) is 0.654.